The van der Waals surface area contributed by atoms with Crippen LogP contribution in [0, 0.1) is 45.3 Å². The summed E-state index contributed by atoms with van der Waals surface area (Å²) >= 11 is 0. The fourth-order valence-electron chi connectivity index (χ4n) is 17.8. The maximum atomic E-state index is 12.8. The van der Waals surface area contributed by atoms with Crippen molar-refractivity contribution in [1.29, 1.82) is 0 Å². The maximum Gasteiger partial charge on any atom is 0.293 e. The van der Waals surface area contributed by atoms with Gasteiger partial charge in [0.25, 0.3) is 6.47 Å². The second kappa shape index (κ2) is 29.1. The van der Waals surface area contributed by atoms with Gasteiger partial charge in [0, 0.05) is 10.8 Å². The zero-order chi connectivity index (χ0) is 67.6. The SMILES string of the molecule is CC[C@@]12CCC([C@H](C)CC[C@@H](O[C@@H]3O[C@H](CO[C@@H]4O[C@H](CO)[C@@H](O)[C@H](O)[C@H]4O)[C@@H](O)[C@H](O)[C@H]3O[C@@H]3O[C@H](CO)[C@@H](O)[C@H](O)[C@H]3O)C(C)(C)O)[C@@]1(C)C[C@@H](OC=O)[C@@]1(C)C3CC[C@H](O[C@@H]4O[C@H](CO[C@@H]5O[C@H](CO)[C@@H](O)[C@H](O)[C@H]5O)[C@@H](O)[C@H](O)[C@H]4O)C(C)(C)C3=CCC12. The highest BCUT2D eigenvalue weighted by Crippen LogP contribution is 2.76. The second-order valence-electron chi connectivity index (χ2n) is 29.0. The molecule has 30 nitrogen and oxygen atoms in total. The summed E-state index contributed by atoms with van der Waals surface area (Å²) in [5.74, 6) is -0.118. The lowest BCUT2D eigenvalue weighted by Crippen LogP contribution is -2.66. The van der Waals surface area contributed by atoms with Crippen molar-refractivity contribution in [2.75, 3.05) is 33.0 Å². The Labute approximate surface area is 534 Å². The fourth-order valence-corrected chi connectivity index (χ4v) is 17.8. The molecule has 0 amide bonds. The van der Waals surface area contributed by atoms with E-state index in [1.54, 1.807) is 0 Å². The number of aliphatic hydroxyl groups excluding tert-OH is 17. The van der Waals surface area contributed by atoms with Crippen molar-refractivity contribution in [3.8, 4) is 0 Å². The molecule has 0 aromatic rings. The third-order valence-electron chi connectivity index (χ3n) is 23.4. The van der Waals surface area contributed by atoms with Gasteiger partial charge in [0.15, 0.2) is 31.5 Å². The molecule has 92 heavy (non-hydrogen) atoms. The summed E-state index contributed by atoms with van der Waals surface area (Å²) in [4.78, 5) is 12.8. The normalized spacial score (nSPS) is 50.4. The van der Waals surface area contributed by atoms with Crippen molar-refractivity contribution >= 4 is 6.47 Å². The minimum atomic E-state index is -1.97. The molecule has 3 unspecified atom stereocenters. The zero-order valence-corrected chi connectivity index (χ0v) is 53.5. The van der Waals surface area contributed by atoms with Crippen LogP contribution in [0.2, 0.25) is 0 Å². The summed E-state index contributed by atoms with van der Waals surface area (Å²) in [5, 5.41) is 193. The van der Waals surface area contributed by atoms with Gasteiger partial charge in [0.05, 0.1) is 50.8 Å². The highest BCUT2D eigenvalue weighted by atomic mass is 16.8. The second-order valence-corrected chi connectivity index (χ2v) is 29.0. The van der Waals surface area contributed by atoms with E-state index in [0.29, 0.717) is 38.6 Å². The molecule has 532 valence electrons. The van der Waals surface area contributed by atoms with E-state index in [2.05, 4.69) is 33.8 Å². The van der Waals surface area contributed by atoms with Crippen LogP contribution in [0.15, 0.2) is 11.6 Å². The highest BCUT2D eigenvalue weighted by Gasteiger charge is 2.72. The van der Waals surface area contributed by atoms with Crippen LogP contribution in [0.5, 0.6) is 0 Å². The Balaban J connectivity index is 0.915. The van der Waals surface area contributed by atoms with Crippen LogP contribution >= 0.6 is 0 Å². The molecule has 0 radical (unpaired) electrons. The monoisotopic (exact) mass is 1330 g/mol. The standard InChI is InChI=1S/C62H104O30/c1-9-62-17-16-26(25(2)10-14-36(59(5,6)81)91-57-52(92-56-51(80)45(74)40(69)31(21-65)87-56)47(76)42(71)33(89-57)23-83-54-49(78)44(73)39(68)30(20-64)86-54)60(62,7)18-37(84-24-66)61(8)28-12-15-35(58(3,4)27(28)11-13-34(61)62)90-55-50(79)46(75)41(70)32(88-55)22-82-53-48(77)43(72)38(67)29(19-63)85-53/h11,24-26,28-57,63-65,67-81H,9-10,12-23H2,1-8H3/t25-,26?,28?,29-,30-,31-,32-,33-,34?,35+,36-,37-,38-,39-,40-,41-,42-,43+,44+,45+,46+,47+,48-,49-,50-,51-,52-,53-,54-,55+,56+,57+,60-,61+,62+/m1/s1. The Hall–Kier alpha value is -1.91. The molecule has 0 aromatic carbocycles. The van der Waals surface area contributed by atoms with Crippen molar-refractivity contribution in [2.24, 2.45) is 45.3 Å². The third kappa shape index (κ3) is 13.4. The first-order valence-electron chi connectivity index (χ1n) is 32.6. The average molecular weight is 1330 g/mol. The van der Waals surface area contributed by atoms with Gasteiger partial charge >= 0.3 is 0 Å². The first kappa shape index (κ1) is 74.3. The van der Waals surface area contributed by atoms with Gasteiger partial charge in [-0.2, -0.15) is 0 Å². The van der Waals surface area contributed by atoms with Gasteiger partial charge in [-0.1, -0.05) is 53.2 Å². The van der Waals surface area contributed by atoms with Gasteiger partial charge in [-0.25, -0.2) is 0 Å². The molecule has 5 saturated heterocycles. The van der Waals surface area contributed by atoms with Crippen LogP contribution in [0.3, 0.4) is 0 Å². The van der Waals surface area contributed by atoms with E-state index in [9.17, 15) is 96.7 Å². The summed E-state index contributed by atoms with van der Waals surface area (Å²) in [6.07, 6.45) is -36.9. The van der Waals surface area contributed by atoms with Crippen molar-refractivity contribution < 1.29 is 149 Å². The summed E-state index contributed by atoms with van der Waals surface area (Å²) in [6.45, 7) is 13.0. The maximum absolute atomic E-state index is 12.8. The summed E-state index contributed by atoms with van der Waals surface area (Å²) in [5.41, 5.74) is -2.58. The molecule has 35 atom stereocenters. The number of ether oxygens (including phenoxy) is 11. The molecule has 5 heterocycles. The number of carbonyl (C=O) groups excluding carboxylic acids is 1. The Kier molecular flexibility index (Phi) is 23.5. The smallest absolute Gasteiger partial charge is 0.293 e. The van der Waals surface area contributed by atoms with Gasteiger partial charge in [-0.15, -0.1) is 0 Å². The van der Waals surface area contributed by atoms with Gasteiger partial charge in [-0.05, 0) is 106 Å². The predicted octanol–water partition coefficient (Wildman–Crippen LogP) is -4.84. The van der Waals surface area contributed by atoms with E-state index >= 15 is 0 Å². The third-order valence-corrected chi connectivity index (χ3v) is 23.4. The van der Waals surface area contributed by atoms with Crippen LogP contribution in [0.25, 0.3) is 0 Å². The van der Waals surface area contributed by atoms with Crippen molar-refractivity contribution in [2.45, 2.75) is 291 Å². The number of hydrogen-bond donors (Lipinski definition) is 18. The number of aliphatic hydroxyl groups is 18. The fraction of sp³-hybridized carbons (Fsp3) is 0.952. The summed E-state index contributed by atoms with van der Waals surface area (Å²) < 4.78 is 65.9. The average Bonchev–Trinajstić information content (AvgIpc) is 1.29. The van der Waals surface area contributed by atoms with Crippen molar-refractivity contribution in [1.82, 2.24) is 0 Å². The summed E-state index contributed by atoms with van der Waals surface area (Å²) in [6, 6.07) is 0. The van der Waals surface area contributed by atoms with E-state index in [1.165, 1.54) is 13.8 Å². The van der Waals surface area contributed by atoms with E-state index in [-0.39, 0.29) is 35.5 Å². The molecule has 5 aliphatic heterocycles. The van der Waals surface area contributed by atoms with Gasteiger partial charge in [0.1, 0.15) is 128 Å². The topological polar surface area (TPSA) is 483 Å². The molecule has 0 bridgehead atoms. The molecule has 9 rings (SSSR count). The van der Waals surface area contributed by atoms with Crippen molar-refractivity contribution in [3.63, 3.8) is 0 Å². The van der Waals surface area contributed by atoms with Crippen molar-refractivity contribution in [3.05, 3.63) is 11.6 Å². The summed E-state index contributed by atoms with van der Waals surface area (Å²) in [7, 11) is 0. The van der Waals surface area contributed by atoms with Crippen LogP contribution in [0.4, 0.5) is 0 Å². The molecule has 8 fully saturated rings. The Bertz CT molecular complexity index is 2430. The molecule has 9 aliphatic rings. The molecular formula is C62H104O30. The molecule has 0 spiro atoms. The van der Waals surface area contributed by atoms with Crippen LogP contribution in [-0.2, 0) is 56.9 Å². The lowest BCUT2D eigenvalue weighted by atomic mass is 9.37. The van der Waals surface area contributed by atoms with E-state index in [0.717, 1.165) is 24.8 Å². The molecule has 4 aliphatic carbocycles. The van der Waals surface area contributed by atoms with Crippen LogP contribution in [0.1, 0.15) is 113 Å². The number of rotatable bonds is 23. The molecule has 3 saturated carbocycles. The predicted molar refractivity (Wildman–Crippen MR) is 310 cm³/mol. The number of carbonyl (C=O) groups is 1. The van der Waals surface area contributed by atoms with E-state index in [1.807, 2.05) is 13.8 Å². The quantitative estimate of drug-likeness (QED) is 0.0337. The number of fused-ring (bicyclic) bond motifs is 5. The zero-order valence-electron chi connectivity index (χ0n) is 53.5. The highest BCUT2D eigenvalue weighted by molar-refractivity contribution is 5.40. The Morgan fingerprint density at radius 2 is 1.03 bits per heavy atom. The van der Waals surface area contributed by atoms with Crippen LogP contribution < -0.4 is 0 Å². The van der Waals surface area contributed by atoms with Gasteiger partial charge in [0.2, 0.25) is 0 Å². The lowest BCUT2D eigenvalue weighted by Gasteiger charge is -2.68. The minimum Gasteiger partial charge on any atom is -0.464 e. The first-order chi connectivity index (χ1) is 43.2. The molecule has 18 N–H and O–H groups in total. The lowest BCUT2D eigenvalue weighted by molar-refractivity contribution is -0.380. The van der Waals surface area contributed by atoms with Gasteiger partial charge in [-0.3, -0.25) is 4.79 Å². The molecule has 30 heteroatoms. The minimum absolute atomic E-state index is 0.0171. The number of allylic oxidation sites excluding steroid dienone is 1. The van der Waals surface area contributed by atoms with E-state index in [4.69, 9.17) is 52.1 Å². The van der Waals surface area contributed by atoms with E-state index < -0.39 is 227 Å². The van der Waals surface area contributed by atoms with Gasteiger partial charge < -0.3 is 144 Å². The Morgan fingerprint density at radius 3 is 1.52 bits per heavy atom. The largest absolute Gasteiger partial charge is 0.464 e. The first-order valence-corrected chi connectivity index (χ1v) is 32.6. The molecule has 0 aromatic heterocycles. The molecular weight excluding hydrogens is 1220 g/mol. The van der Waals surface area contributed by atoms with Crippen LogP contribution in [-0.4, -0.2) is 309 Å². The Morgan fingerprint density at radius 1 is 0.576 bits per heavy atom. The number of hydrogen-bond acceptors (Lipinski definition) is 30.